The van der Waals surface area contributed by atoms with Crippen molar-refractivity contribution in [3.8, 4) is 11.5 Å². The second-order valence-electron chi connectivity index (χ2n) is 4.78. The van der Waals surface area contributed by atoms with Crippen molar-refractivity contribution in [1.82, 2.24) is 9.55 Å². The van der Waals surface area contributed by atoms with Crippen molar-refractivity contribution in [3.63, 3.8) is 0 Å². The van der Waals surface area contributed by atoms with Crippen molar-refractivity contribution in [3.05, 3.63) is 84.4 Å². The average Bonchev–Trinajstić information content (AvgIpc) is 3.09. The summed E-state index contributed by atoms with van der Waals surface area (Å²) < 4.78 is 13.1. The molecule has 0 saturated carbocycles. The van der Waals surface area contributed by atoms with Crippen LogP contribution >= 0.6 is 11.6 Å². The number of halogens is 1. The van der Waals surface area contributed by atoms with Crippen molar-refractivity contribution in [2.45, 2.75) is 0 Å². The highest BCUT2D eigenvalue weighted by atomic mass is 35.5. The minimum atomic E-state index is 0.0779. The number of hydrogen-bond donors (Lipinski definition) is 0. The van der Waals surface area contributed by atoms with E-state index in [1.54, 1.807) is 24.7 Å². The Morgan fingerprint density at radius 2 is 2.00 bits per heavy atom. The van der Waals surface area contributed by atoms with Gasteiger partial charge in [0.05, 0.1) is 12.0 Å². The first-order valence-electron chi connectivity index (χ1n) is 7.02. The van der Waals surface area contributed by atoms with Crippen LogP contribution in [0.1, 0.15) is 5.56 Å². The first-order chi connectivity index (χ1) is 11.2. The van der Waals surface area contributed by atoms with Crippen LogP contribution in [-0.2, 0) is 0 Å². The molecule has 4 nitrogen and oxygen atoms in total. The molecule has 0 aliphatic heterocycles. The number of rotatable bonds is 6. The van der Waals surface area contributed by atoms with Gasteiger partial charge in [0.1, 0.15) is 11.5 Å². The number of imidazole rings is 1. The third kappa shape index (κ3) is 3.73. The zero-order valence-corrected chi connectivity index (χ0v) is 13.1. The van der Waals surface area contributed by atoms with Gasteiger partial charge >= 0.3 is 0 Å². The van der Waals surface area contributed by atoms with Crippen LogP contribution in [0.5, 0.6) is 11.5 Å². The summed E-state index contributed by atoms with van der Waals surface area (Å²) in [7, 11) is 0. The van der Waals surface area contributed by atoms with Crippen LogP contribution in [0, 0.1) is 0 Å². The zero-order chi connectivity index (χ0) is 16.1. The van der Waals surface area contributed by atoms with E-state index in [2.05, 4.69) is 11.6 Å². The van der Waals surface area contributed by atoms with Crippen molar-refractivity contribution in [2.24, 2.45) is 0 Å². The van der Waals surface area contributed by atoms with E-state index in [1.165, 1.54) is 0 Å². The largest absolute Gasteiger partial charge is 0.457 e. The van der Waals surface area contributed by atoms with Crippen molar-refractivity contribution in [2.75, 3.05) is 6.79 Å². The second-order valence-corrected chi connectivity index (χ2v) is 5.21. The van der Waals surface area contributed by atoms with Gasteiger partial charge in [-0.05, 0) is 30.3 Å². The van der Waals surface area contributed by atoms with Gasteiger partial charge in [0, 0.05) is 23.0 Å². The summed E-state index contributed by atoms with van der Waals surface area (Å²) in [5.41, 5.74) is 1.65. The normalized spacial score (nSPS) is 10.3. The lowest BCUT2D eigenvalue weighted by Gasteiger charge is -2.14. The van der Waals surface area contributed by atoms with Crippen LogP contribution in [0.4, 0.5) is 0 Å². The van der Waals surface area contributed by atoms with E-state index >= 15 is 0 Å². The van der Waals surface area contributed by atoms with Gasteiger partial charge in [-0.25, -0.2) is 4.98 Å². The summed E-state index contributed by atoms with van der Waals surface area (Å²) in [5.74, 6) is 1.34. The van der Waals surface area contributed by atoms with E-state index in [1.807, 2.05) is 47.2 Å². The first kappa shape index (κ1) is 15.2. The van der Waals surface area contributed by atoms with Crippen LogP contribution in [0.15, 0.2) is 73.8 Å². The van der Waals surface area contributed by atoms with E-state index in [4.69, 9.17) is 21.1 Å². The third-order valence-corrected chi connectivity index (χ3v) is 3.49. The number of aromatic nitrogens is 2. The number of ether oxygens (including phenoxy) is 2. The molecule has 1 aromatic heterocycles. The van der Waals surface area contributed by atoms with Gasteiger partial charge in [-0.3, -0.25) is 0 Å². The predicted molar refractivity (Wildman–Crippen MR) is 90.7 cm³/mol. The highest BCUT2D eigenvalue weighted by Crippen LogP contribution is 2.26. The van der Waals surface area contributed by atoms with Crippen molar-refractivity contribution < 1.29 is 9.47 Å². The fourth-order valence-corrected chi connectivity index (χ4v) is 2.29. The maximum atomic E-state index is 5.92. The summed E-state index contributed by atoms with van der Waals surface area (Å²) in [6.45, 7) is 4.17. The topological polar surface area (TPSA) is 36.3 Å². The zero-order valence-electron chi connectivity index (χ0n) is 12.4. The molecular formula is C18H15ClN2O2. The Morgan fingerprint density at radius 1 is 1.13 bits per heavy atom. The minimum absolute atomic E-state index is 0.0779. The molecule has 0 aliphatic carbocycles. The molecule has 0 N–H and O–H groups in total. The summed E-state index contributed by atoms with van der Waals surface area (Å²) in [4.78, 5) is 4.03. The van der Waals surface area contributed by atoms with E-state index in [0.29, 0.717) is 16.5 Å². The molecule has 0 saturated heterocycles. The summed E-state index contributed by atoms with van der Waals surface area (Å²) in [5, 5.41) is 0.622. The van der Waals surface area contributed by atoms with Crippen molar-refractivity contribution >= 4 is 17.3 Å². The average molecular weight is 327 g/mol. The third-order valence-electron chi connectivity index (χ3n) is 3.25. The maximum absolute atomic E-state index is 5.92. The number of hydrogen-bond acceptors (Lipinski definition) is 3. The molecule has 0 atom stereocenters. The van der Waals surface area contributed by atoms with Gasteiger partial charge in [0.25, 0.3) is 0 Å². The van der Waals surface area contributed by atoms with Gasteiger partial charge in [-0.1, -0.05) is 36.4 Å². The first-order valence-corrected chi connectivity index (χ1v) is 7.39. The van der Waals surface area contributed by atoms with Crippen LogP contribution < -0.4 is 9.47 Å². The van der Waals surface area contributed by atoms with E-state index < -0.39 is 0 Å². The van der Waals surface area contributed by atoms with Crippen LogP contribution in [0.2, 0.25) is 5.02 Å². The summed E-state index contributed by atoms with van der Waals surface area (Å²) in [6.07, 6.45) is 5.24. The second kappa shape index (κ2) is 7.03. The Labute approximate surface area is 139 Å². The number of nitrogens with zero attached hydrogens (tertiary/aromatic N) is 2. The van der Waals surface area contributed by atoms with Gasteiger partial charge in [-0.2, -0.15) is 0 Å². The summed E-state index contributed by atoms with van der Waals surface area (Å²) >= 11 is 5.92. The lowest BCUT2D eigenvalue weighted by molar-refractivity contribution is 0.119. The molecule has 0 fully saturated rings. The highest BCUT2D eigenvalue weighted by molar-refractivity contribution is 6.30. The van der Waals surface area contributed by atoms with Gasteiger partial charge in [0.2, 0.25) is 6.79 Å². The fraction of sp³-hybridized carbons (Fsp3) is 0.0556. The molecule has 0 radical (unpaired) electrons. The smallest absolute Gasteiger partial charge is 0.230 e. The molecule has 0 spiro atoms. The molecule has 0 bridgehead atoms. The molecule has 0 unspecified atom stereocenters. The Morgan fingerprint density at radius 3 is 2.78 bits per heavy atom. The molecule has 5 heteroatoms. The minimum Gasteiger partial charge on any atom is -0.457 e. The Kier molecular flexibility index (Phi) is 4.64. The molecule has 3 rings (SSSR count). The van der Waals surface area contributed by atoms with E-state index in [-0.39, 0.29) is 6.79 Å². The molecule has 0 aliphatic rings. The van der Waals surface area contributed by atoms with E-state index in [9.17, 15) is 0 Å². The molecule has 116 valence electrons. The number of para-hydroxylation sites is 1. The predicted octanol–water partition coefficient (Wildman–Crippen LogP) is 4.47. The van der Waals surface area contributed by atoms with Crippen LogP contribution in [0.3, 0.4) is 0 Å². The Hall–Kier alpha value is -2.72. The van der Waals surface area contributed by atoms with Crippen LogP contribution in [-0.4, -0.2) is 16.3 Å². The molecule has 23 heavy (non-hydrogen) atoms. The summed E-state index contributed by atoms with van der Waals surface area (Å²) in [6, 6.07) is 14.8. The molecule has 2 aromatic carbocycles. The van der Waals surface area contributed by atoms with Crippen LogP contribution in [0.25, 0.3) is 5.70 Å². The van der Waals surface area contributed by atoms with Gasteiger partial charge in [-0.15, -0.1) is 0 Å². The number of benzene rings is 2. The van der Waals surface area contributed by atoms with Crippen molar-refractivity contribution in [1.29, 1.82) is 0 Å². The van der Waals surface area contributed by atoms with Gasteiger partial charge in [0.15, 0.2) is 0 Å². The Bertz CT molecular complexity index is 800. The fourth-order valence-electron chi connectivity index (χ4n) is 2.11. The lowest BCUT2D eigenvalue weighted by Crippen LogP contribution is -2.07. The monoisotopic (exact) mass is 326 g/mol. The maximum Gasteiger partial charge on any atom is 0.230 e. The standard InChI is InChI=1S/C18H15ClN2O2/c1-14(21-10-9-20-12-21)17-7-2-3-8-18(17)23-13-22-16-6-4-5-15(19)11-16/h2-12H,1,13H2. The Balaban J connectivity index is 1.70. The molecule has 1 heterocycles. The molecule has 0 amide bonds. The quantitative estimate of drug-likeness (QED) is 0.627. The SMILES string of the molecule is C=C(c1ccccc1OCOc1cccc(Cl)c1)n1ccnc1. The molecule has 3 aromatic rings. The highest BCUT2D eigenvalue weighted by Gasteiger charge is 2.08. The van der Waals surface area contributed by atoms with E-state index in [0.717, 1.165) is 11.3 Å². The molecular weight excluding hydrogens is 312 g/mol. The van der Waals surface area contributed by atoms with Gasteiger partial charge < -0.3 is 14.0 Å². The lowest BCUT2D eigenvalue weighted by atomic mass is 10.1.